The number of hydrogen-bond donors (Lipinski definition) is 2. The highest BCUT2D eigenvalue weighted by molar-refractivity contribution is 9.10. The molecule has 0 aliphatic heterocycles. The summed E-state index contributed by atoms with van der Waals surface area (Å²) in [6.45, 7) is 2.23. The molecular weight excluding hydrogens is 374 g/mol. The third-order valence-corrected chi connectivity index (χ3v) is 3.64. The number of hydrogen-bond acceptors (Lipinski definition) is 6. The topological polar surface area (TPSA) is 84.3 Å². The van der Waals surface area contributed by atoms with Gasteiger partial charge in [0.2, 0.25) is 5.78 Å². The molecule has 1 heterocycles. The highest BCUT2D eigenvalue weighted by Crippen LogP contribution is 2.18. The molecule has 1 aromatic heterocycles. The molecule has 2 N–H and O–H groups in total. The molecule has 7 heteroatoms. The normalized spacial score (nSPS) is 11.2. The fraction of sp³-hybridized carbons (Fsp3) is 0.235. The number of aliphatic hydroxyl groups excluding tert-OH is 1. The van der Waals surface area contributed by atoms with E-state index in [1.54, 1.807) is 14.0 Å². The van der Waals surface area contributed by atoms with Crippen molar-refractivity contribution in [3.63, 3.8) is 0 Å². The van der Waals surface area contributed by atoms with Gasteiger partial charge in [-0.1, -0.05) is 19.1 Å². The molecule has 0 bridgehead atoms. The van der Waals surface area contributed by atoms with Crippen LogP contribution in [-0.4, -0.2) is 28.0 Å². The molecule has 126 valence electrons. The lowest BCUT2D eigenvalue weighted by Gasteiger charge is -2.09. The van der Waals surface area contributed by atoms with Gasteiger partial charge in [0.1, 0.15) is 10.4 Å². The van der Waals surface area contributed by atoms with Crippen LogP contribution in [0.4, 0.5) is 5.82 Å². The van der Waals surface area contributed by atoms with Crippen LogP contribution in [0.2, 0.25) is 0 Å². The van der Waals surface area contributed by atoms with Crippen LogP contribution in [0.25, 0.3) is 0 Å². The maximum Gasteiger partial charge on any atom is 0.211 e. The van der Waals surface area contributed by atoms with Crippen molar-refractivity contribution in [3.05, 3.63) is 58.2 Å². The summed E-state index contributed by atoms with van der Waals surface area (Å²) in [4.78, 5) is 20.6. The Bertz CT molecular complexity index is 745. The molecular formula is C17H18BrN3O3. The molecule has 0 spiro atoms. The maximum absolute atomic E-state index is 12.3. The van der Waals surface area contributed by atoms with E-state index >= 15 is 0 Å². The summed E-state index contributed by atoms with van der Waals surface area (Å²) < 4.78 is 5.57. The zero-order chi connectivity index (χ0) is 17.5. The van der Waals surface area contributed by atoms with Crippen LogP contribution in [0.1, 0.15) is 29.4 Å². The third kappa shape index (κ3) is 4.79. The minimum atomic E-state index is -0.402. The van der Waals surface area contributed by atoms with Gasteiger partial charge >= 0.3 is 0 Å². The molecule has 0 aliphatic rings. The lowest BCUT2D eigenvalue weighted by atomic mass is 10.2. The average molecular weight is 392 g/mol. The van der Waals surface area contributed by atoms with Crippen molar-refractivity contribution in [1.82, 2.24) is 9.97 Å². The largest absolute Gasteiger partial charge is 0.512 e. The van der Waals surface area contributed by atoms with Gasteiger partial charge in [0, 0.05) is 19.0 Å². The van der Waals surface area contributed by atoms with E-state index in [-0.39, 0.29) is 11.5 Å². The van der Waals surface area contributed by atoms with Gasteiger partial charge in [-0.05, 0) is 33.6 Å². The minimum Gasteiger partial charge on any atom is -0.512 e. The molecule has 2 aromatic rings. The second-order valence-corrected chi connectivity index (χ2v) is 5.76. The van der Waals surface area contributed by atoms with Gasteiger partial charge in [0.05, 0.1) is 19.1 Å². The summed E-state index contributed by atoms with van der Waals surface area (Å²) in [5, 5.41) is 12.7. The minimum absolute atomic E-state index is 0.00267. The van der Waals surface area contributed by atoms with Crippen molar-refractivity contribution in [2.24, 2.45) is 0 Å². The van der Waals surface area contributed by atoms with Gasteiger partial charge in [-0.25, -0.2) is 9.97 Å². The van der Waals surface area contributed by atoms with E-state index < -0.39 is 5.78 Å². The van der Waals surface area contributed by atoms with E-state index in [1.807, 2.05) is 24.3 Å². The molecule has 0 amide bonds. The summed E-state index contributed by atoms with van der Waals surface area (Å²) in [6.07, 6.45) is 3.05. The van der Waals surface area contributed by atoms with Gasteiger partial charge in [0.25, 0.3) is 0 Å². The first-order valence-electron chi connectivity index (χ1n) is 7.36. The summed E-state index contributed by atoms with van der Waals surface area (Å²) in [7, 11) is 1.61. The molecule has 0 atom stereocenters. The summed E-state index contributed by atoms with van der Waals surface area (Å²) in [5.74, 6) is 0.737. The van der Waals surface area contributed by atoms with E-state index in [4.69, 9.17) is 4.74 Å². The number of aromatic nitrogens is 2. The number of nitrogens with one attached hydrogen (secondary N) is 1. The molecule has 2 rings (SSSR count). The number of rotatable bonds is 7. The predicted octanol–water partition coefficient (Wildman–Crippen LogP) is 3.89. The first-order chi connectivity index (χ1) is 11.5. The second kappa shape index (κ2) is 8.44. The number of ketones is 1. The third-order valence-electron chi connectivity index (χ3n) is 3.26. The molecule has 0 radical (unpaired) electrons. The van der Waals surface area contributed by atoms with Crippen LogP contribution >= 0.6 is 15.9 Å². The highest BCUT2D eigenvalue weighted by Gasteiger charge is 2.14. The van der Waals surface area contributed by atoms with Crippen LogP contribution in [0.5, 0.6) is 5.75 Å². The van der Waals surface area contributed by atoms with Gasteiger partial charge in [-0.3, -0.25) is 4.79 Å². The van der Waals surface area contributed by atoms with Crippen molar-refractivity contribution >= 4 is 27.5 Å². The number of aliphatic hydroxyl groups is 1. The molecule has 0 saturated carbocycles. The second-order valence-electron chi connectivity index (χ2n) is 4.95. The summed E-state index contributed by atoms with van der Waals surface area (Å²) in [5.41, 5.74) is 1.16. The van der Waals surface area contributed by atoms with Crippen molar-refractivity contribution in [2.75, 3.05) is 12.4 Å². The Morgan fingerprint density at radius 3 is 2.71 bits per heavy atom. The van der Waals surface area contributed by atoms with E-state index in [2.05, 4.69) is 31.2 Å². The Morgan fingerprint density at radius 1 is 1.38 bits per heavy atom. The standard InChI is InChI=1S/C17H18BrN3O3/c1-3-12(22)8-14(23)16-17(20-10-15(18)21-16)19-9-11-4-6-13(24-2)7-5-11/h4-8,10,22H,3,9H2,1-2H3,(H,19,20). The summed E-state index contributed by atoms with van der Waals surface area (Å²) >= 11 is 3.21. The van der Waals surface area contributed by atoms with E-state index in [9.17, 15) is 9.90 Å². The number of methoxy groups -OCH3 is 1. The molecule has 0 aliphatic carbocycles. The fourth-order valence-corrected chi connectivity index (χ4v) is 2.20. The number of ether oxygens (including phenoxy) is 1. The van der Waals surface area contributed by atoms with Crippen molar-refractivity contribution in [2.45, 2.75) is 19.9 Å². The van der Waals surface area contributed by atoms with E-state index in [1.165, 1.54) is 6.20 Å². The van der Waals surface area contributed by atoms with Crippen LogP contribution in [0.15, 0.2) is 46.9 Å². The Hall–Kier alpha value is -2.41. The number of benzene rings is 1. The molecule has 0 saturated heterocycles. The summed E-state index contributed by atoms with van der Waals surface area (Å²) in [6, 6.07) is 7.56. The monoisotopic (exact) mass is 391 g/mol. The maximum atomic E-state index is 12.3. The van der Waals surface area contributed by atoms with Crippen molar-refractivity contribution in [1.29, 1.82) is 0 Å². The van der Waals surface area contributed by atoms with Crippen LogP contribution in [0, 0.1) is 0 Å². The molecule has 0 fully saturated rings. The molecule has 24 heavy (non-hydrogen) atoms. The van der Waals surface area contributed by atoms with Crippen molar-refractivity contribution in [3.8, 4) is 5.75 Å². The average Bonchev–Trinajstić information content (AvgIpc) is 2.60. The molecule has 1 aromatic carbocycles. The van der Waals surface area contributed by atoms with Gasteiger partial charge in [0.15, 0.2) is 11.5 Å². The quantitative estimate of drug-likeness (QED) is 0.423. The predicted molar refractivity (Wildman–Crippen MR) is 95.4 cm³/mol. The number of halogens is 1. The first-order valence-corrected chi connectivity index (χ1v) is 8.16. The Morgan fingerprint density at radius 2 is 2.08 bits per heavy atom. The Labute approximate surface area is 148 Å². The Balaban J connectivity index is 2.18. The number of anilines is 1. The first kappa shape index (κ1) is 17.9. The highest BCUT2D eigenvalue weighted by atomic mass is 79.9. The lowest BCUT2D eigenvalue weighted by molar-refractivity contribution is 0.103. The zero-order valence-electron chi connectivity index (χ0n) is 13.4. The number of nitrogens with zero attached hydrogens (tertiary/aromatic N) is 2. The smallest absolute Gasteiger partial charge is 0.211 e. The van der Waals surface area contributed by atoms with Gasteiger partial charge < -0.3 is 15.2 Å². The number of allylic oxidation sites excluding steroid dienone is 2. The Kier molecular flexibility index (Phi) is 6.31. The zero-order valence-corrected chi connectivity index (χ0v) is 15.0. The van der Waals surface area contributed by atoms with Crippen LogP contribution < -0.4 is 10.1 Å². The van der Waals surface area contributed by atoms with Crippen LogP contribution in [0.3, 0.4) is 0 Å². The SMILES string of the molecule is CCC(O)=CC(=O)c1nc(Br)cnc1NCc1ccc(OC)cc1. The van der Waals surface area contributed by atoms with Gasteiger partial charge in [-0.15, -0.1) is 0 Å². The fourth-order valence-electron chi connectivity index (χ4n) is 1.92. The van der Waals surface area contributed by atoms with Crippen molar-refractivity contribution < 1.29 is 14.6 Å². The van der Waals surface area contributed by atoms with Crippen LogP contribution in [-0.2, 0) is 6.54 Å². The number of carbonyl (C=O) groups is 1. The number of carbonyl (C=O) groups excluding carboxylic acids is 1. The van der Waals surface area contributed by atoms with E-state index in [0.29, 0.717) is 23.4 Å². The molecule has 6 nitrogen and oxygen atoms in total. The van der Waals surface area contributed by atoms with E-state index in [0.717, 1.165) is 17.4 Å². The molecule has 0 unspecified atom stereocenters. The van der Waals surface area contributed by atoms with Gasteiger partial charge in [-0.2, -0.15) is 0 Å². The lowest BCUT2D eigenvalue weighted by Crippen LogP contribution is -2.10.